The van der Waals surface area contributed by atoms with Crippen molar-refractivity contribution in [1.82, 2.24) is 20.5 Å². The van der Waals surface area contributed by atoms with Crippen LogP contribution < -0.4 is 5.32 Å². The molecule has 7 heteroatoms. The number of aromatic amines is 1. The molecule has 20 heavy (non-hydrogen) atoms. The van der Waals surface area contributed by atoms with Crippen LogP contribution in [-0.4, -0.2) is 32.9 Å². The maximum atomic E-state index is 11.6. The van der Waals surface area contributed by atoms with Gasteiger partial charge < -0.3 is 5.32 Å². The van der Waals surface area contributed by atoms with E-state index < -0.39 is 0 Å². The Bertz CT molecular complexity index is 577. The molecule has 2 N–H and O–H groups in total. The monoisotopic (exact) mass is 308 g/mol. The van der Waals surface area contributed by atoms with Crippen molar-refractivity contribution >= 4 is 41.2 Å². The molecule has 1 atom stereocenters. The van der Waals surface area contributed by atoms with Crippen LogP contribution in [-0.2, 0) is 4.79 Å². The Morgan fingerprint density at radius 3 is 3.15 bits per heavy atom. The molecule has 0 radical (unpaired) electrons. The number of aromatic nitrogens is 3. The van der Waals surface area contributed by atoms with Gasteiger partial charge in [0, 0.05) is 11.4 Å². The van der Waals surface area contributed by atoms with Gasteiger partial charge in [0.15, 0.2) is 0 Å². The predicted octanol–water partition coefficient (Wildman–Crippen LogP) is 2.65. The van der Waals surface area contributed by atoms with Gasteiger partial charge in [0.1, 0.15) is 5.82 Å². The minimum Gasteiger partial charge on any atom is -0.355 e. The van der Waals surface area contributed by atoms with Gasteiger partial charge >= 0.3 is 0 Å². The predicted molar refractivity (Wildman–Crippen MR) is 83.6 cm³/mol. The van der Waals surface area contributed by atoms with E-state index in [0.29, 0.717) is 17.5 Å². The summed E-state index contributed by atoms with van der Waals surface area (Å²) in [6, 6.07) is 4.03. The van der Waals surface area contributed by atoms with Gasteiger partial charge in [-0.3, -0.25) is 9.89 Å². The van der Waals surface area contributed by atoms with E-state index in [4.69, 9.17) is 0 Å². The van der Waals surface area contributed by atoms with Gasteiger partial charge in [0.2, 0.25) is 11.1 Å². The zero-order chi connectivity index (χ0) is 14.4. The number of hydrogen-bond donors (Lipinski definition) is 2. The molecule has 0 saturated heterocycles. The molecule has 2 aromatic heterocycles. The van der Waals surface area contributed by atoms with E-state index in [1.165, 1.54) is 11.8 Å². The Hall–Kier alpha value is -1.60. The lowest BCUT2D eigenvalue weighted by atomic mass is 10.4. The van der Waals surface area contributed by atoms with Crippen LogP contribution in [0, 0.1) is 0 Å². The Morgan fingerprint density at radius 2 is 2.45 bits per heavy atom. The second kappa shape index (κ2) is 7.25. The van der Waals surface area contributed by atoms with E-state index in [0.717, 1.165) is 4.88 Å². The van der Waals surface area contributed by atoms with Crippen molar-refractivity contribution in [1.29, 1.82) is 0 Å². The van der Waals surface area contributed by atoms with Crippen molar-refractivity contribution in [2.24, 2.45) is 0 Å². The molecule has 0 spiro atoms. The molecule has 0 bridgehead atoms. The zero-order valence-corrected chi connectivity index (χ0v) is 12.9. The molecule has 1 unspecified atom stereocenters. The number of H-pyrrole nitrogens is 1. The summed E-state index contributed by atoms with van der Waals surface area (Å²) in [5.41, 5.74) is 0. The van der Waals surface area contributed by atoms with Crippen molar-refractivity contribution in [3.63, 3.8) is 0 Å². The first-order valence-electron chi connectivity index (χ1n) is 6.27. The van der Waals surface area contributed by atoms with Gasteiger partial charge in [-0.05, 0) is 37.4 Å². The van der Waals surface area contributed by atoms with Gasteiger partial charge in [-0.15, -0.1) is 16.4 Å². The Kier molecular flexibility index (Phi) is 5.37. The molecule has 2 heterocycles. The highest BCUT2D eigenvalue weighted by Crippen LogP contribution is 2.19. The number of nitrogens with zero attached hydrogens (tertiary/aromatic N) is 2. The van der Waals surface area contributed by atoms with E-state index >= 15 is 0 Å². The molecule has 5 nitrogen and oxygen atoms in total. The minimum atomic E-state index is -0.208. The van der Waals surface area contributed by atoms with Gasteiger partial charge in [-0.2, -0.15) is 0 Å². The third-order valence-electron chi connectivity index (χ3n) is 2.43. The van der Waals surface area contributed by atoms with Gasteiger partial charge in [-0.25, -0.2) is 4.98 Å². The van der Waals surface area contributed by atoms with Gasteiger partial charge in [0.25, 0.3) is 0 Å². The van der Waals surface area contributed by atoms with E-state index in [2.05, 4.69) is 20.5 Å². The number of thiophene rings is 1. The molecule has 0 aliphatic rings. The summed E-state index contributed by atoms with van der Waals surface area (Å²) in [6.45, 7) is 4.37. The number of nitrogens with one attached hydrogen (secondary N) is 2. The first-order valence-corrected chi connectivity index (χ1v) is 8.03. The maximum Gasteiger partial charge on any atom is 0.233 e. The fourth-order valence-corrected chi connectivity index (χ4v) is 2.84. The normalized spacial score (nSPS) is 12.7. The number of hydrogen-bond acceptors (Lipinski definition) is 5. The number of rotatable bonds is 6. The number of amides is 1. The largest absolute Gasteiger partial charge is 0.355 e. The van der Waals surface area contributed by atoms with E-state index in [1.807, 2.05) is 43.5 Å². The molecule has 0 aliphatic carbocycles. The second-order valence-corrected chi connectivity index (χ2v) is 6.29. The maximum absolute atomic E-state index is 11.6. The van der Waals surface area contributed by atoms with Gasteiger partial charge in [-0.1, -0.05) is 17.8 Å². The van der Waals surface area contributed by atoms with Crippen molar-refractivity contribution in [3.8, 4) is 0 Å². The first-order chi connectivity index (χ1) is 9.69. The molecule has 0 saturated carbocycles. The third-order valence-corrected chi connectivity index (χ3v) is 4.23. The van der Waals surface area contributed by atoms with Crippen molar-refractivity contribution in [2.45, 2.75) is 24.3 Å². The molecule has 0 aliphatic heterocycles. The van der Waals surface area contributed by atoms with E-state index in [1.54, 1.807) is 11.3 Å². The highest BCUT2D eigenvalue weighted by molar-refractivity contribution is 8.00. The molecule has 0 aromatic carbocycles. The summed E-state index contributed by atoms with van der Waals surface area (Å²) >= 11 is 3.00. The smallest absolute Gasteiger partial charge is 0.233 e. The highest BCUT2D eigenvalue weighted by atomic mass is 32.2. The number of carbonyl (C=O) groups is 1. The van der Waals surface area contributed by atoms with Crippen LogP contribution in [0.15, 0.2) is 22.7 Å². The average Bonchev–Trinajstić information content (AvgIpc) is 3.07. The highest BCUT2D eigenvalue weighted by Gasteiger charge is 2.15. The third kappa shape index (κ3) is 4.21. The number of carbonyl (C=O) groups excluding carboxylic acids is 1. The van der Waals surface area contributed by atoms with Crippen LogP contribution in [0.4, 0.5) is 0 Å². The van der Waals surface area contributed by atoms with Crippen LogP contribution in [0.1, 0.15) is 24.5 Å². The van der Waals surface area contributed by atoms with E-state index in [-0.39, 0.29) is 11.2 Å². The number of thioether (sulfide) groups is 1. The van der Waals surface area contributed by atoms with Gasteiger partial charge in [0.05, 0.1) is 5.25 Å². The molecule has 2 rings (SSSR count). The lowest BCUT2D eigenvalue weighted by Crippen LogP contribution is -2.30. The standard InChI is InChI=1S/C13H16N4OS2/c1-3-14-12(18)9(2)20-13-15-11(16-17-13)7-6-10-5-4-8-19-10/h4-9H,3H2,1-2H3,(H,14,18)(H,15,16,17). The summed E-state index contributed by atoms with van der Waals surface area (Å²) in [5, 5.41) is 12.1. The summed E-state index contributed by atoms with van der Waals surface area (Å²) in [4.78, 5) is 17.1. The zero-order valence-electron chi connectivity index (χ0n) is 11.3. The quantitative estimate of drug-likeness (QED) is 0.805. The Morgan fingerprint density at radius 1 is 1.60 bits per heavy atom. The molecular formula is C13H16N4OS2. The van der Waals surface area contributed by atoms with Crippen molar-refractivity contribution in [3.05, 3.63) is 28.2 Å². The summed E-state index contributed by atoms with van der Waals surface area (Å²) < 4.78 is 0. The minimum absolute atomic E-state index is 0.00187. The molecule has 1 amide bonds. The molecule has 106 valence electrons. The van der Waals surface area contributed by atoms with Crippen LogP contribution in [0.2, 0.25) is 0 Å². The van der Waals surface area contributed by atoms with Crippen LogP contribution in [0.5, 0.6) is 0 Å². The molecular weight excluding hydrogens is 292 g/mol. The molecule has 2 aromatic rings. The first kappa shape index (κ1) is 14.8. The summed E-state index contributed by atoms with van der Waals surface area (Å²) in [5.74, 6) is 0.682. The Balaban J connectivity index is 1.93. The average molecular weight is 308 g/mol. The lowest BCUT2D eigenvalue weighted by molar-refractivity contribution is -0.120. The second-order valence-electron chi connectivity index (χ2n) is 4.01. The molecule has 0 fully saturated rings. The topological polar surface area (TPSA) is 70.7 Å². The van der Waals surface area contributed by atoms with E-state index in [9.17, 15) is 4.79 Å². The fourth-order valence-electron chi connectivity index (χ4n) is 1.46. The van der Waals surface area contributed by atoms with Crippen LogP contribution >= 0.6 is 23.1 Å². The summed E-state index contributed by atoms with van der Waals surface area (Å²) in [6.07, 6.45) is 3.85. The fraction of sp³-hybridized carbons (Fsp3) is 0.308. The SMILES string of the molecule is CCNC(=O)C(C)Sc1n[nH]c(C=Cc2cccs2)n1. The van der Waals surface area contributed by atoms with Crippen molar-refractivity contribution < 1.29 is 4.79 Å². The van der Waals surface area contributed by atoms with Crippen LogP contribution in [0.25, 0.3) is 12.2 Å². The van der Waals surface area contributed by atoms with Crippen LogP contribution in [0.3, 0.4) is 0 Å². The Labute approximate surface area is 125 Å². The summed E-state index contributed by atoms with van der Waals surface area (Å²) in [7, 11) is 0. The lowest BCUT2D eigenvalue weighted by Gasteiger charge is -2.07. The van der Waals surface area contributed by atoms with Crippen molar-refractivity contribution in [2.75, 3.05) is 6.54 Å².